The fraction of sp³-hybridized carbons (Fsp3) is 0.438. The maximum Gasteiger partial charge on any atom is 0.113 e. The summed E-state index contributed by atoms with van der Waals surface area (Å²) >= 11 is 0. The van der Waals surface area contributed by atoms with Gasteiger partial charge in [0.2, 0.25) is 0 Å². The van der Waals surface area contributed by atoms with Crippen LogP contribution < -0.4 is 5.73 Å². The highest BCUT2D eigenvalue weighted by Crippen LogP contribution is 2.22. The van der Waals surface area contributed by atoms with Crippen molar-refractivity contribution in [3.63, 3.8) is 0 Å². The van der Waals surface area contributed by atoms with Crippen molar-refractivity contribution in [2.24, 2.45) is 10.7 Å². The minimum Gasteiger partial charge on any atom is -0.363 e. The van der Waals surface area contributed by atoms with E-state index in [1.54, 1.807) is 4.68 Å². The lowest BCUT2D eigenvalue weighted by molar-refractivity contribution is 0.498. The Bertz CT molecular complexity index is 631. The molecule has 0 fully saturated rings. The molecule has 0 unspecified atom stereocenters. The van der Waals surface area contributed by atoms with Gasteiger partial charge in [0.05, 0.1) is 18.4 Å². The van der Waals surface area contributed by atoms with Gasteiger partial charge in [0.25, 0.3) is 0 Å². The van der Waals surface area contributed by atoms with Crippen LogP contribution in [-0.4, -0.2) is 45.9 Å². The largest absolute Gasteiger partial charge is 0.363 e. The van der Waals surface area contributed by atoms with Crippen LogP contribution in [-0.2, 0) is 6.54 Å². The second kappa shape index (κ2) is 7.70. The smallest absolute Gasteiger partial charge is 0.113 e. The predicted octanol–water partition coefficient (Wildman–Crippen LogP) is 2.30. The molecule has 0 saturated carbocycles. The van der Waals surface area contributed by atoms with Gasteiger partial charge in [-0.2, -0.15) is 0 Å². The predicted molar refractivity (Wildman–Crippen MR) is 90.2 cm³/mol. The highest BCUT2D eigenvalue weighted by Gasteiger charge is 2.05. The van der Waals surface area contributed by atoms with E-state index < -0.39 is 0 Å². The monoisotopic (exact) mass is 300 g/mol. The summed E-state index contributed by atoms with van der Waals surface area (Å²) in [5, 5.41) is 8.26. The Balaban J connectivity index is 2.20. The second-order valence-electron chi connectivity index (χ2n) is 5.29. The molecule has 118 valence electrons. The number of amidine groups is 1. The van der Waals surface area contributed by atoms with E-state index in [0.29, 0.717) is 13.1 Å². The molecule has 0 aliphatic carbocycles. The molecule has 6 nitrogen and oxygen atoms in total. The first-order valence-electron chi connectivity index (χ1n) is 7.61. The normalized spacial score (nSPS) is 11.7. The van der Waals surface area contributed by atoms with E-state index in [2.05, 4.69) is 34.2 Å². The molecule has 6 heteroatoms. The summed E-state index contributed by atoms with van der Waals surface area (Å²) in [6.07, 6.45) is 3.01. The fourth-order valence-electron chi connectivity index (χ4n) is 2.18. The topological polar surface area (TPSA) is 72.3 Å². The molecule has 22 heavy (non-hydrogen) atoms. The Morgan fingerprint density at radius 2 is 2.23 bits per heavy atom. The third-order valence-corrected chi connectivity index (χ3v) is 3.44. The van der Waals surface area contributed by atoms with Gasteiger partial charge in [-0.1, -0.05) is 24.3 Å². The molecular weight excluding hydrogens is 276 g/mol. The molecule has 2 N–H and O–H groups in total. The molecule has 0 aliphatic heterocycles. The zero-order valence-corrected chi connectivity index (χ0v) is 13.5. The lowest BCUT2D eigenvalue weighted by atomic mass is 10.1. The van der Waals surface area contributed by atoms with E-state index in [9.17, 15) is 0 Å². The molecular formula is C16H24N6. The van der Waals surface area contributed by atoms with Crippen LogP contribution in [0.5, 0.6) is 0 Å². The molecule has 0 aliphatic rings. The minimum atomic E-state index is 0.552. The molecule has 1 heterocycles. The van der Waals surface area contributed by atoms with E-state index in [-0.39, 0.29) is 0 Å². The molecule has 1 aromatic carbocycles. The first-order valence-corrected chi connectivity index (χ1v) is 7.61. The maximum absolute atomic E-state index is 5.53. The van der Waals surface area contributed by atoms with Crippen LogP contribution in [0.2, 0.25) is 0 Å². The zero-order chi connectivity index (χ0) is 15.9. The number of aliphatic imine (C=N–C) groups is 1. The van der Waals surface area contributed by atoms with Crippen molar-refractivity contribution >= 4 is 11.5 Å². The van der Waals surface area contributed by atoms with Crippen LogP contribution in [0.3, 0.4) is 0 Å². The summed E-state index contributed by atoms with van der Waals surface area (Å²) < 4.78 is 1.76. The van der Waals surface area contributed by atoms with E-state index in [1.807, 2.05) is 37.4 Å². The third kappa shape index (κ3) is 4.14. The van der Waals surface area contributed by atoms with Crippen molar-refractivity contribution in [1.29, 1.82) is 0 Å². The summed E-state index contributed by atoms with van der Waals surface area (Å²) in [5.41, 5.74) is 8.30. The van der Waals surface area contributed by atoms with Gasteiger partial charge >= 0.3 is 0 Å². The van der Waals surface area contributed by atoms with Crippen LogP contribution in [0.25, 0.3) is 11.3 Å². The van der Waals surface area contributed by atoms with Crippen LogP contribution in [0.15, 0.2) is 35.5 Å². The van der Waals surface area contributed by atoms with Crippen molar-refractivity contribution in [2.45, 2.75) is 26.8 Å². The number of hydrogen-bond donors (Lipinski definition) is 1. The quantitative estimate of drug-likeness (QED) is 0.656. The zero-order valence-electron chi connectivity index (χ0n) is 13.5. The first kappa shape index (κ1) is 16.2. The Labute approximate surface area is 131 Å². The molecule has 0 amide bonds. The molecule has 0 saturated heterocycles. The second-order valence-corrected chi connectivity index (χ2v) is 5.29. The Morgan fingerprint density at radius 1 is 1.41 bits per heavy atom. The minimum absolute atomic E-state index is 0.552. The van der Waals surface area contributed by atoms with E-state index in [0.717, 1.165) is 35.7 Å². The lowest BCUT2D eigenvalue weighted by Gasteiger charge is -2.17. The summed E-state index contributed by atoms with van der Waals surface area (Å²) in [5.74, 6) is 1.01. The number of aromatic nitrogens is 3. The highest BCUT2D eigenvalue weighted by molar-refractivity contribution is 5.82. The number of rotatable bonds is 6. The number of nitrogens with two attached hydrogens (primary N) is 1. The summed E-state index contributed by atoms with van der Waals surface area (Å²) in [6.45, 7) is 6.42. The van der Waals surface area contributed by atoms with Crippen molar-refractivity contribution in [2.75, 3.05) is 20.1 Å². The SMILES string of the molecule is CCCN(C)/C(C)=N\c1cccc(-c2cn(CCN)nn2)c1. The summed E-state index contributed by atoms with van der Waals surface area (Å²) in [4.78, 5) is 6.83. The van der Waals surface area contributed by atoms with Crippen molar-refractivity contribution in [3.05, 3.63) is 30.5 Å². The lowest BCUT2D eigenvalue weighted by Crippen LogP contribution is -2.24. The Hall–Kier alpha value is -2.21. The maximum atomic E-state index is 5.53. The highest BCUT2D eigenvalue weighted by atomic mass is 15.4. The fourth-order valence-corrected chi connectivity index (χ4v) is 2.18. The van der Waals surface area contributed by atoms with Gasteiger partial charge < -0.3 is 10.6 Å². The standard InChI is InChI=1S/C16H24N6/c1-4-9-21(3)13(2)18-15-7-5-6-14(11-15)16-12-22(10-8-17)20-19-16/h5-7,11-12H,4,8-10,17H2,1-3H3/b18-13-. The van der Waals surface area contributed by atoms with E-state index in [4.69, 9.17) is 5.73 Å². The first-order chi connectivity index (χ1) is 10.6. The molecule has 2 rings (SSSR count). The number of hydrogen-bond acceptors (Lipinski definition) is 4. The van der Waals surface area contributed by atoms with Crippen LogP contribution in [0, 0.1) is 0 Å². The van der Waals surface area contributed by atoms with Gasteiger partial charge in [0, 0.05) is 25.7 Å². The van der Waals surface area contributed by atoms with Gasteiger partial charge in [0.1, 0.15) is 11.5 Å². The molecule has 0 radical (unpaired) electrons. The van der Waals surface area contributed by atoms with Crippen LogP contribution in [0.4, 0.5) is 5.69 Å². The number of benzene rings is 1. The van der Waals surface area contributed by atoms with Gasteiger partial charge in [-0.15, -0.1) is 5.10 Å². The summed E-state index contributed by atoms with van der Waals surface area (Å²) in [6, 6.07) is 8.03. The van der Waals surface area contributed by atoms with Crippen molar-refractivity contribution in [1.82, 2.24) is 19.9 Å². The summed E-state index contributed by atoms with van der Waals surface area (Å²) in [7, 11) is 2.06. The van der Waals surface area contributed by atoms with E-state index in [1.165, 1.54) is 0 Å². The molecule has 1 aromatic heterocycles. The number of nitrogens with zero attached hydrogens (tertiary/aromatic N) is 5. The molecule has 0 bridgehead atoms. The molecule has 2 aromatic rings. The van der Waals surface area contributed by atoms with Gasteiger partial charge in [-0.05, 0) is 25.5 Å². The molecule has 0 spiro atoms. The Morgan fingerprint density at radius 3 is 2.95 bits per heavy atom. The van der Waals surface area contributed by atoms with E-state index >= 15 is 0 Å². The van der Waals surface area contributed by atoms with Crippen LogP contribution >= 0.6 is 0 Å². The average molecular weight is 300 g/mol. The van der Waals surface area contributed by atoms with Gasteiger partial charge in [0.15, 0.2) is 0 Å². The average Bonchev–Trinajstić information content (AvgIpc) is 2.97. The van der Waals surface area contributed by atoms with Gasteiger partial charge in [-0.3, -0.25) is 4.68 Å². The Kier molecular flexibility index (Phi) is 5.66. The molecule has 0 atom stereocenters. The van der Waals surface area contributed by atoms with Crippen molar-refractivity contribution < 1.29 is 0 Å². The van der Waals surface area contributed by atoms with Crippen molar-refractivity contribution in [3.8, 4) is 11.3 Å². The van der Waals surface area contributed by atoms with Gasteiger partial charge in [-0.25, -0.2) is 4.99 Å². The third-order valence-electron chi connectivity index (χ3n) is 3.44. The van der Waals surface area contributed by atoms with Crippen LogP contribution in [0.1, 0.15) is 20.3 Å².